The molecule has 0 amide bonds. The quantitative estimate of drug-likeness (QED) is 0.901. The van der Waals surface area contributed by atoms with Gasteiger partial charge in [-0.25, -0.2) is 0 Å². The number of nitrogens with one attached hydrogen (secondary N) is 1. The molecule has 1 unspecified atom stereocenters. The molecule has 2 fully saturated rings. The number of rotatable bonds is 4. The zero-order valence-electron chi connectivity index (χ0n) is 13.4. The standard InChI is InChI=1S/C17H26ClN3.ClH/c1-19-14-6-5-9-20(12-14)13-15-16(18)7-4-8-17(15)21-10-2-3-11-21;/h4,7-8,14,19H,2-3,5-6,9-13H2,1H3;1H. The van der Waals surface area contributed by atoms with Crippen LogP contribution in [0.5, 0.6) is 0 Å². The highest BCUT2D eigenvalue weighted by Gasteiger charge is 2.22. The van der Waals surface area contributed by atoms with E-state index in [1.165, 1.54) is 56.6 Å². The minimum Gasteiger partial charge on any atom is -0.371 e. The summed E-state index contributed by atoms with van der Waals surface area (Å²) in [5.41, 5.74) is 2.67. The maximum absolute atomic E-state index is 6.53. The minimum atomic E-state index is 0. The van der Waals surface area contributed by atoms with Gasteiger partial charge in [-0.2, -0.15) is 0 Å². The number of halogens is 2. The molecule has 1 atom stereocenters. The van der Waals surface area contributed by atoms with Crippen molar-refractivity contribution in [2.45, 2.75) is 38.3 Å². The second-order valence-electron chi connectivity index (χ2n) is 6.29. The lowest BCUT2D eigenvalue weighted by molar-refractivity contribution is 0.188. The third kappa shape index (κ3) is 4.08. The molecule has 1 aromatic rings. The average Bonchev–Trinajstić information content (AvgIpc) is 3.04. The Bertz CT molecular complexity index is 475. The van der Waals surface area contributed by atoms with Crippen molar-refractivity contribution < 1.29 is 0 Å². The van der Waals surface area contributed by atoms with E-state index in [2.05, 4.69) is 34.3 Å². The number of anilines is 1. The van der Waals surface area contributed by atoms with E-state index in [1.807, 2.05) is 6.07 Å². The van der Waals surface area contributed by atoms with E-state index in [-0.39, 0.29) is 12.4 Å². The normalized spacial score (nSPS) is 22.6. The van der Waals surface area contributed by atoms with Crippen LogP contribution in [-0.2, 0) is 6.54 Å². The average molecular weight is 344 g/mol. The molecule has 3 rings (SSSR count). The SMILES string of the molecule is CNC1CCCN(Cc2c(Cl)cccc2N2CCCC2)C1.Cl. The summed E-state index contributed by atoms with van der Waals surface area (Å²) in [5.74, 6) is 0. The molecule has 0 aliphatic carbocycles. The van der Waals surface area contributed by atoms with Crippen LogP contribution in [0.1, 0.15) is 31.2 Å². The monoisotopic (exact) mass is 343 g/mol. The lowest BCUT2D eigenvalue weighted by atomic mass is 10.0. The van der Waals surface area contributed by atoms with E-state index in [1.54, 1.807) is 0 Å². The first-order valence-corrected chi connectivity index (χ1v) is 8.57. The summed E-state index contributed by atoms with van der Waals surface area (Å²) < 4.78 is 0. The second kappa shape index (κ2) is 8.39. The molecule has 0 bridgehead atoms. The molecule has 1 N–H and O–H groups in total. The Morgan fingerprint density at radius 1 is 1.18 bits per heavy atom. The van der Waals surface area contributed by atoms with Gasteiger partial charge in [0.1, 0.15) is 0 Å². The van der Waals surface area contributed by atoms with Crippen LogP contribution < -0.4 is 10.2 Å². The third-order valence-electron chi connectivity index (χ3n) is 4.84. The van der Waals surface area contributed by atoms with E-state index < -0.39 is 0 Å². The van der Waals surface area contributed by atoms with Gasteiger partial charge >= 0.3 is 0 Å². The third-order valence-corrected chi connectivity index (χ3v) is 5.19. The summed E-state index contributed by atoms with van der Waals surface area (Å²) in [6.45, 7) is 5.63. The molecule has 2 aliphatic heterocycles. The zero-order chi connectivity index (χ0) is 14.7. The molecule has 0 saturated carbocycles. The molecule has 1 aromatic carbocycles. The first-order chi connectivity index (χ1) is 10.3. The Kier molecular flexibility index (Phi) is 6.82. The summed E-state index contributed by atoms with van der Waals surface area (Å²) >= 11 is 6.53. The maximum Gasteiger partial charge on any atom is 0.0471 e. The van der Waals surface area contributed by atoms with E-state index in [0.29, 0.717) is 6.04 Å². The van der Waals surface area contributed by atoms with E-state index in [4.69, 9.17) is 11.6 Å². The highest BCUT2D eigenvalue weighted by Crippen LogP contribution is 2.31. The van der Waals surface area contributed by atoms with Crippen molar-refractivity contribution in [3.05, 3.63) is 28.8 Å². The first-order valence-electron chi connectivity index (χ1n) is 8.20. The lowest BCUT2D eigenvalue weighted by Crippen LogP contribution is -2.44. The number of likely N-dealkylation sites (tertiary alicyclic amines) is 1. The number of piperidine rings is 1. The van der Waals surface area contributed by atoms with Crippen LogP contribution in [0.15, 0.2) is 18.2 Å². The molecule has 2 heterocycles. The highest BCUT2D eigenvalue weighted by molar-refractivity contribution is 6.31. The van der Waals surface area contributed by atoms with Gasteiger partial charge in [-0.1, -0.05) is 17.7 Å². The van der Waals surface area contributed by atoms with Gasteiger partial charge in [0.2, 0.25) is 0 Å². The largest absolute Gasteiger partial charge is 0.371 e. The van der Waals surface area contributed by atoms with E-state index in [0.717, 1.165) is 18.1 Å². The van der Waals surface area contributed by atoms with Gasteiger partial charge in [0.15, 0.2) is 0 Å². The number of benzene rings is 1. The van der Waals surface area contributed by atoms with Crippen LogP contribution in [0, 0.1) is 0 Å². The van der Waals surface area contributed by atoms with E-state index in [9.17, 15) is 0 Å². The Morgan fingerprint density at radius 3 is 2.68 bits per heavy atom. The highest BCUT2D eigenvalue weighted by atomic mass is 35.5. The first kappa shape index (κ1) is 17.9. The fraction of sp³-hybridized carbons (Fsp3) is 0.647. The van der Waals surface area contributed by atoms with Crippen LogP contribution in [-0.4, -0.2) is 44.2 Å². The molecule has 124 valence electrons. The van der Waals surface area contributed by atoms with Gasteiger partial charge in [0, 0.05) is 48.5 Å². The summed E-state index contributed by atoms with van der Waals surface area (Å²) in [4.78, 5) is 5.05. The summed E-state index contributed by atoms with van der Waals surface area (Å²) in [7, 11) is 2.07. The van der Waals surface area contributed by atoms with Gasteiger partial charge in [0.25, 0.3) is 0 Å². The second-order valence-corrected chi connectivity index (χ2v) is 6.70. The Hall–Kier alpha value is -0.480. The lowest BCUT2D eigenvalue weighted by Gasteiger charge is -2.34. The Balaban J connectivity index is 0.00000176. The van der Waals surface area contributed by atoms with Crippen molar-refractivity contribution in [2.24, 2.45) is 0 Å². The molecule has 0 radical (unpaired) electrons. The number of hydrogen-bond donors (Lipinski definition) is 1. The summed E-state index contributed by atoms with van der Waals surface area (Å²) in [6, 6.07) is 6.99. The van der Waals surface area contributed by atoms with Crippen molar-refractivity contribution in [2.75, 3.05) is 38.1 Å². The van der Waals surface area contributed by atoms with Gasteiger partial charge < -0.3 is 10.2 Å². The minimum absolute atomic E-state index is 0. The fourth-order valence-electron chi connectivity index (χ4n) is 3.62. The van der Waals surface area contributed by atoms with Gasteiger partial charge in [-0.05, 0) is 51.4 Å². The van der Waals surface area contributed by atoms with Gasteiger partial charge in [-0.3, -0.25) is 4.90 Å². The predicted molar refractivity (Wildman–Crippen MR) is 97.5 cm³/mol. The van der Waals surface area contributed by atoms with Crippen molar-refractivity contribution in [1.29, 1.82) is 0 Å². The van der Waals surface area contributed by atoms with Crippen LogP contribution in [0.3, 0.4) is 0 Å². The van der Waals surface area contributed by atoms with Gasteiger partial charge in [-0.15, -0.1) is 12.4 Å². The molecular weight excluding hydrogens is 317 g/mol. The molecule has 3 nitrogen and oxygen atoms in total. The summed E-state index contributed by atoms with van der Waals surface area (Å²) in [6.07, 6.45) is 5.17. The van der Waals surface area contributed by atoms with Crippen LogP contribution >= 0.6 is 24.0 Å². The van der Waals surface area contributed by atoms with Crippen molar-refractivity contribution in [1.82, 2.24) is 10.2 Å². The number of likely N-dealkylation sites (N-methyl/N-ethyl adjacent to an activating group) is 1. The Morgan fingerprint density at radius 2 is 1.95 bits per heavy atom. The van der Waals surface area contributed by atoms with Crippen molar-refractivity contribution >= 4 is 29.7 Å². The van der Waals surface area contributed by atoms with Gasteiger partial charge in [0.05, 0.1) is 0 Å². The van der Waals surface area contributed by atoms with E-state index >= 15 is 0 Å². The number of hydrogen-bond acceptors (Lipinski definition) is 3. The smallest absolute Gasteiger partial charge is 0.0471 e. The molecule has 0 spiro atoms. The molecular formula is C17H27Cl2N3. The predicted octanol–water partition coefficient (Wildman–Crippen LogP) is 3.55. The van der Waals surface area contributed by atoms with Crippen molar-refractivity contribution in [3.63, 3.8) is 0 Å². The number of nitrogens with zero attached hydrogens (tertiary/aromatic N) is 2. The molecule has 2 aliphatic rings. The topological polar surface area (TPSA) is 18.5 Å². The molecule has 0 aromatic heterocycles. The zero-order valence-corrected chi connectivity index (χ0v) is 14.9. The molecule has 5 heteroatoms. The van der Waals surface area contributed by atoms with Crippen LogP contribution in [0.2, 0.25) is 5.02 Å². The van der Waals surface area contributed by atoms with Crippen LogP contribution in [0.25, 0.3) is 0 Å². The van der Waals surface area contributed by atoms with Crippen LogP contribution in [0.4, 0.5) is 5.69 Å². The molecule has 2 saturated heterocycles. The fourth-order valence-corrected chi connectivity index (χ4v) is 3.85. The molecule has 22 heavy (non-hydrogen) atoms. The maximum atomic E-state index is 6.53. The Labute approximate surface area is 145 Å². The summed E-state index contributed by atoms with van der Waals surface area (Å²) in [5, 5.41) is 4.34. The van der Waals surface area contributed by atoms with Crippen molar-refractivity contribution in [3.8, 4) is 0 Å².